The fourth-order valence-corrected chi connectivity index (χ4v) is 3.75. The monoisotopic (exact) mass is 526 g/mol. The van der Waals surface area contributed by atoms with Crippen LogP contribution in [0.2, 0.25) is 0 Å². The molecule has 0 saturated carbocycles. The molecule has 0 unspecified atom stereocenters. The van der Waals surface area contributed by atoms with E-state index in [0.717, 1.165) is 25.1 Å². The highest BCUT2D eigenvalue weighted by molar-refractivity contribution is 5.99. The van der Waals surface area contributed by atoms with Crippen molar-refractivity contribution in [3.8, 4) is 40.2 Å². The maximum atomic E-state index is 12.8. The van der Waals surface area contributed by atoms with Gasteiger partial charge in [-0.15, -0.1) is 0 Å². The van der Waals surface area contributed by atoms with Crippen LogP contribution in [0.5, 0.6) is 40.2 Å². The molecule has 0 amide bonds. The molecule has 0 atom stereocenters. The van der Waals surface area contributed by atoms with Gasteiger partial charge in [-0.3, -0.25) is 4.79 Å². The zero-order valence-corrected chi connectivity index (χ0v) is 20.5. The number of carbonyl (C=O) groups is 4. The van der Waals surface area contributed by atoms with E-state index in [9.17, 15) is 39.6 Å². The van der Waals surface area contributed by atoms with Crippen LogP contribution in [0.1, 0.15) is 54.7 Å². The van der Waals surface area contributed by atoms with Crippen LogP contribution in [0.25, 0.3) is 0 Å². The quantitative estimate of drug-likeness (QED) is 0.232. The Labute approximate surface area is 214 Å². The SMILES string of the molecule is CC(=O)Oc1c(O)cc(O)c(C(=O)Oc2cc(C)c(C(=O)Oc3cc(C)c(C(=O)O)c(O)c3)c(O)c2)c1C. The van der Waals surface area contributed by atoms with Gasteiger partial charge in [0.15, 0.2) is 11.5 Å². The van der Waals surface area contributed by atoms with Crippen molar-refractivity contribution in [2.75, 3.05) is 0 Å². The van der Waals surface area contributed by atoms with Crippen LogP contribution in [0.3, 0.4) is 0 Å². The van der Waals surface area contributed by atoms with Gasteiger partial charge < -0.3 is 39.7 Å². The molecule has 0 aliphatic heterocycles. The van der Waals surface area contributed by atoms with Crippen LogP contribution in [0, 0.1) is 20.8 Å². The average Bonchev–Trinajstić information content (AvgIpc) is 2.75. The van der Waals surface area contributed by atoms with Gasteiger partial charge in [-0.2, -0.15) is 0 Å². The minimum atomic E-state index is -1.37. The first-order chi connectivity index (χ1) is 17.7. The lowest BCUT2D eigenvalue weighted by atomic mass is 10.0. The molecule has 0 aromatic heterocycles. The fraction of sp³-hybridized carbons (Fsp3) is 0.154. The van der Waals surface area contributed by atoms with Gasteiger partial charge in [-0.05, 0) is 44.0 Å². The van der Waals surface area contributed by atoms with Gasteiger partial charge in [-0.1, -0.05) is 0 Å². The molecule has 38 heavy (non-hydrogen) atoms. The number of hydrogen-bond acceptors (Lipinski definition) is 11. The normalized spacial score (nSPS) is 10.5. The van der Waals surface area contributed by atoms with Crippen LogP contribution < -0.4 is 14.2 Å². The van der Waals surface area contributed by atoms with Gasteiger partial charge >= 0.3 is 23.9 Å². The topological polar surface area (TPSA) is 197 Å². The Morgan fingerprint density at radius 1 is 0.605 bits per heavy atom. The number of benzene rings is 3. The van der Waals surface area contributed by atoms with Gasteiger partial charge in [0, 0.05) is 30.7 Å². The number of esters is 3. The predicted molar refractivity (Wildman–Crippen MR) is 128 cm³/mol. The highest BCUT2D eigenvalue weighted by Gasteiger charge is 2.26. The molecule has 3 rings (SSSR count). The molecule has 0 aliphatic carbocycles. The van der Waals surface area contributed by atoms with Crippen molar-refractivity contribution in [3.05, 3.63) is 63.7 Å². The number of aromatic carboxylic acids is 1. The van der Waals surface area contributed by atoms with E-state index in [1.54, 1.807) is 0 Å². The van der Waals surface area contributed by atoms with Crippen LogP contribution in [-0.4, -0.2) is 49.4 Å². The van der Waals surface area contributed by atoms with Gasteiger partial charge in [0.1, 0.15) is 45.4 Å². The van der Waals surface area contributed by atoms with E-state index in [-0.39, 0.29) is 45.1 Å². The largest absolute Gasteiger partial charge is 0.507 e. The van der Waals surface area contributed by atoms with E-state index in [1.807, 2.05) is 0 Å². The number of rotatable bonds is 6. The van der Waals surface area contributed by atoms with Gasteiger partial charge in [0.05, 0.1) is 0 Å². The van der Waals surface area contributed by atoms with E-state index in [1.165, 1.54) is 32.9 Å². The lowest BCUT2D eigenvalue weighted by molar-refractivity contribution is -0.132. The third-order valence-corrected chi connectivity index (χ3v) is 5.34. The third-order valence-electron chi connectivity index (χ3n) is 5.34. The fourth-order valence-electron chi connectivity index (χ4n) is 3.75. The molecule has 0 radical (unpaired) electrons. The molecule has 0 saturated heterocycles. The van der Waals surface area contributed by atoms with Crippen LogP contribution in [-0.2, 0) is 4.79 Å². The van der Waals surface area contributed by atoms with Crippen LogP contribution >= 0.6 is 0 Å². The molecule has 0 bridgehead atoms. The Hall–Kier alpha value is -5.26. The highest BCUT2D eigenvalue weighted by Crippen LogP contribution is 2.39. The van der Waals surface area contributed by atoms with E-state index >= 15 is 0 Å². The van der Waals surface area contributed by atoms with E-state index in [4.69, 9.17) is 19.3 Å². The van der Waals surface area contributed by atoms with Crippen LogP contribution in [0.15, 0.2) is 30.3 Å². The summed E-state index contributed by atoms with van der Waals surface area (Å²) in [7, 11) is 0. The second kappa shape index (κ2) is 10.4. The zero-order chi connectivity index (χ0) is 28.5. The summed E-state index contributed by atoms with van der Waals surface area (Å²) in [4.78, 5) is 48.0. The number of carbonyl (C=O) groups excluding carboxylic acids is 3. The molecular formula is C26H22O12. The average molecular weight is 526 g/mol. The summed E-state index contributed by atoms with van der Waals surface area (Å²) in [6.07, 6.45) is 0. The Morgan fingerprint density at radius 2 is 1.05 bits per heavy atom. The first-order valence-corrected chi connectivity index (χ1v) is 10.8. The van der Waals surface area contributed by atoms with E-state index < -0.39 is 52.4 Å². The number of carboxylic acid groups (broad SMARTS) is 1. The zero-order valence-electron chi connectivity index (χ0n) is 20.5. The second-order valence-electron chi connectivity index (χ2n) is 8.19. The molecule has 12 heteroatoms. The molecule has 5 N–H and O–H groups in total. The smallest absolute Gasteiger partial charge is 0.347 e. The Balaban J connectivity index is 1.88. The maximum Gasteiger partial charge on any atom is 0.347 e. The van der Waals surface area contributed by atoms with Crippen molar-refractivity contribution < 1.29 is 58.9 Å². The molecular weight excluding hydrogens is 504 g/mol. The number of ether oxygens (including phenoxy) is 3. The summed E-state index contributed by atoms with van der Waals surface area (Å²) in [5.41, 5.74) is -0.910. The Morgan fingerprint density at radius 3 is 1.50 bits per heavy atom. The lowest BCUT2D eigenvalue weighted by Crippen LogP contribution is -2.14. The summed E-state index contributed by atoms with van der Waals surface area (Å²) in [5, 5.41) is 49.6. The van der Waals surface area contributed by atoms with Gasteiger partial charge in [0.2, 0.25) is 0 Å². The van der Waals surface area contributed by atoms with Crippen molar-refractivity contribution in [2.24, 2.45) is 0 Å². The summed E-state index contributed by atoms with van der Waals surface area (Å²) in [6.45, 7) is 5.19. The number of carboxylic acids is 1. The Kier molecular flexibility index (Phi) is 7.47. The second-order valence-corrected chi connectivity index (χ2v) is 8.19. The number of aromatic hydroxyl groups is 4. The predicted octanol–water partition coefficient (Wildman–Crippen LogP) is 3.50. The third kappa shape index (κ3) is 5.43. The summed E-state index contributed by atoms with van der Waals surface area (Å²) in [5.74, 6) is -7.54. The van der Waals surface area contributed by atoms with Gasteiger partial charge in [0.25, 0.3) is 0 Å². The minimum absolute atomic E-state index is 0.0868. The first-order valence-electron chi connectivity index (χ1n) is 10.8. The van der Waals surface area contributed by atoms with Crippen LogP contribution in [0.4, 0.5) is 0 Å². The Bertz CT molecular complexity index is 1460. The molecule has 3 aromatic rings. The molecule has 198 valence electrons. The lowest BCUT2D eigenvalue weighted by Gasteiger charge is -2.15. The van der Waals surface area contributed by atoms with Crippen molar-refractivity contribution in [1.29, 1.82) is 0 Å². The number of phenols is 4. The molecule has 0 aliphatic rings. The van der Waals surface area contributed by atoms with E-state index in [2.05, 4.69) is 0 Å². The number of phenolic OH excluding ortho intramolecular Hbond substituents is 3. The summed E-state index contributed by atoms with van der Waals surface area (Å²) in [6, 6.07) is 5.13. The van der Waals surface area contributed by atoms with E-state index in [0.29, 0.717) is 0 Å². The van der Waals surface area contributed by atoms with Crippen molar-refractivity contribution in [3.63, 3.8) is 0 Å². The van der Waals surface area contributed by atoms with Crippen molar-refractivity contribution >= 4 is 23.9 Å². The number of aryl methyl sites for hydroxylation is 2. The van der Waals surface area contributed by atoms with Crippen molar-refractivity contribution in [1.82, 2.24) is 0 Å². The first kappa shape index (κ1) is 27.3. The molecule has 12 nitrogen and oxygen atoms in total. The summed E-state index contributed by atoms with van der Waals surface area (Å²) < 4.78 is 15.3. The molecule has 0 heterocycles. The minimum Gasteiger partial charge on any atom is -0.507 e. The maximum absolute atomic E-state index is 12.8. The standard InChI is InChI=1S/C26H22O12/c1-10-5-14(7-16(28)20(10)24(32)33)37-25(34)21-11(2)6-15(8-17(21)29)38-26(35)22-12(3)23(36-13(4)27)19(31)9-18(22)30/h5-9,28-31H,1-4H3,(H,32,33). The highest BCUT2D eigenvalue weighted by atomic mass is 16.5. The molecule has 0 fully saturated rings. The molecule has 0 spiro atoms. The van der Waals surface area contributed by atoms with Crippen molar-refractivity contribution in [2.45, 2.75) is 27.7 Å². The molecule has 3 aromatic carbocycles. The number of hydrogen-bond donors (Lipinski definition) is 5. The van der Waals surface area contributed by atoms with Gasteiger partial charge in [-0.25, -0.2) is 14.4 Å². The summed E-state index contributed by atoms with van der Waals surface area (Å²) >= 11 is 0.